The van der Waals surface area contributed by atoms with Crippen LogP contribution in [0, 0.1) is 6.92 Å². The van der Waals surface area contributed by atoms with Gasteiger partial charge in [-0.1, -0.05) is 25.1 Å². The number of carbonyl (C=O) groups excluding carboxylic acids is 1. The number of rotatable bonds is 5. The first-order chi connectivity index (χ1) is 10.8. The standard InChI is InChI=1S/C16H17F3N2OS/c1-10(15-21-11(2)9-23-15)8-20-14(22)7-12-4-3-5-13(6-12)16(17,18)19/h3-6,9-10H,7-8H2,1-2H3,(H,20,22). The highest BCUT2D eigenvalue weighted by Gasteiger charge is 2.30. The van der Waals surface area contributed by atoms with E-state index in [0.29, 0.717) is 12.1 Å². The third kappa shape index (κ3) is 5.06. The second-order valence-corrected chi connectivity index (χ2v) is 6.30. The molecule has 0 fully saturated rings. The Balaban J connectivity index is 1.90. The van der Waals surface area contributed by atoms with E-state index in [2.05, 4.69) is 10.3 Å². The van der Waals surface area contributed by atoms with E-state index in [0.717, 1.165) is 22.8 Å². The fourth-order valence-electron chi connectivity index (χ4n) is 2.06. The van der Waals surface area contributed by atoms with Gasteiger partial charge in [0, 0.05) is 23.5 Å². The molecule has 3 nitrogen and oxygen atoms in total. The Morgan fingerprint density at radius 1 is 1.39 bits per heavy atom. The van der Waals surface area contributed by atoms with E-state index in [1.54, 1.807) is 0 Å². The molecule has 0 aliphatic carbocycles. The van der Waals surface area contributed by atoms with Gasteiger partial charge in [0.1, 0.15) is 0 Å². The minimum absolute atomic E-state index is 0.0687. The molecule has 0 saturated carbocycles. The van der Waals surface area contributed by atoms with Crippen LogP contribution in [0.15, 0.2) is 29.6 Å². The van der Waals surface area contributed by atoms with Crippen molar-refractivity contribution in [1.82, 2.24) is 10.3 Å². The number of halogens is 3. The Morgan fingerprint density at radius 3 is 2.74 bits per heavy atom. The van der Waals surface area contributed by atoms with Gasteiger partial charge in [0.15, 0.2) is 0 Å². The molecule has 1 atom stereocenters. The molecule has 0 saturated heterocycles. The number of aromatic nitrogens is 1. The molecule has 0 bridgehead atoms. The van der Waals surface area contributed by atoms with Crippen molar-refractivity contribution in [3.8, 4) is 0 Å². The molecule has 2 rings (SSSR count). The molecule has 7 heteroatoms. The van der Waals surface area contributed by atoms with E-state index in [4.69, 9.17) is 0 Å². The lowest BCUT2D eigenvalue weighted by Crippen LogP contribution is -2.29. The number of benzene rings is 1. The fourth-order valence-corrected chi connectivity index (χ4v) is 2.91. The minimum atomic E-state index is -4.40. The summed E-state index contributed by atoms with van der Waals surface area (Å²) in [5.41, 5.74) is 0.539. The highest BCUT2D eigenvalue weighted by atomic mass is 32.1. The van der Waals surface area contributed by atoms with Gasteiger partial charge in [0.05, 0.1) is 17.0 Å². The summed E-state index contributed by atoms with van der Waals surface area (Å²) >= 11 is 1.53. The molecule has 1 aromatic heterocycles. The largest absolute Gasteiger partial charge is 0.416 e. The van der Waals surface area contributed by atoms with Crippen LogP contribution in [0.25, 0.3) is 0 Å². The number of aryl methyl sites for hydroxylation is 1. The zero-order chi connectivity index (χ0) is 17.0. The SMILES string of the molecule is Cc1csc(C(C)CNC(=O)Cc2cccc(C(F)(F)F)c2)n1. The number of hydrogen-bond acceptors (Lipinski definition) is 3. The third-order valence-corrected chi connectivity index (χ3v) is 4.48. The maximum atomic E-state index is 12.6. The molecule has 2 aromatic rings. The van der Waals surface area contributed by atoms with Crippen LogP contribution in [0.5, 0.6) is 0 Å². The van der Waals surface area contributed by atoms with Crippen molar-refractivity contribution in [2.75, 3.05) is 6.54 Å². The van der Waals surface area contributed by atoms with Gasteiger partial charge >= 0.3 is 6.18 Å². The van der Waals surface area contributed by atoms with Crippen molar-refractivity contribution in [3.63, 3.8) is 0 Å². The number of amides is 1. The van der Waals surface area contributed by atoms with E-state index >= 15 is 0 Å². The average Bonchev–Trinajstić information content (AvgIpc) is 2.91. The fraction of sp³-hybridized carbons (Fsp3) is 0.375. The van der Waals surface area contributed by atoms with E-state index in [9.17, 15) is 18.0 Å². The predicted molar refractivity (Wildman–Crippen MR) is 83.4 cm³/mol. The number of nitrogens with one attached hydrogen (secondary N) is 1. The van der Waals surface area contributed by atoms with Crippen LogP contribution < -0.4 is 5.32 Å². The Bertz CT molecular complexity index is 682. The monoisotopic (exact) mass is 342 g/mol. The van der Waals surface area contributed by atoms with Crippen molar-refractivity contribution >= 4 is 17.2 Å². The predicted octanol–water partition coefficient (Wildman–Crippen LogP) is 3.93. The van der Waals surface area contributed by atoms with Crippen molar-refractivity contribution in [2.24, 2.45) is 0 Å². The molecule has 1 heterocycles. The van der Waals surface area contributed by atoms with Gasteiger partial charge in [0.2, 0.25) is 5.91 Å². The lowest BCUT2D eigenvalue weighted by molar-refractivity contribution is -0.137. The molecule has 124 valence electrons. The summed E-state index contributed by atoms with van der Waals surface area (Å²) in [6, 6.07) is 4.83. The highest BCUT2D eigenvalue weighted by Crippen LogP contribution is 2.29. The van der Waals surface area contributed by atoms with Crippen LogP contribution in [0.3, 0.4) is 0 Å². The molecule has 0 aliphatic heterocycles. The molecule has 23 heavy (non-hydrogen) atoms. The molecule has 0 spiro atoms. The smallest absolute Gasteiger partial charge is 0.355 e. The van der Waals surface area contributed by atoms with Crippen LogP contribution in [0.2, 0.25) is 0 Å². The quantitative estimate of drug-likeness (QED) is 0.894. The van der Waals surface area contributed by atoms with E-state index in [1.165, 1.54) is 23.5 Å². The second kappa shape index (κ2) is 7.12. The molecule has 0 aliphatic rings. The molecular formula is C16H17F3N2OS. The first kappa shape index (κ1) is 17.5. The van der Waals surface area contributed by atoms with Crippen LogP contribution in [-0.2, 0) is 17.4 Å². The van der Waals surface area contributed by atoms with Crippen LogP contribution >= 0.6 is 11.3 Å². The minimum Gasteiger partial charge on any atom is -0.355 e. The summed E-state index contributed by atoms with van der Waals surface area (Å²) in [4.78, 5) is 16.3. The Kier molecular flexibility index (Phi) is 5.41. The van der Waals surface area contributed by atoms with Crippen molar-refractivity contribution < 1.29 is 18.0 Å². The Labute approximate surface area is 136 Å². The van der Waals surface area contributed by atoms with Gasteiger partial charge in [-0.15, -0.1) is 11.3 Å². The maximum Gasteiger partial charge on any atom is 0.416 e. The first-order valence-electron chi connectivity index (χ1n) is 7.10. The lowest BCUT2D eigenvalue weighted by Gasteiger charge is -2.11. The number of nitrogens with zero attached hydrogens (tertiary/aromatic N) is 1. The van der Waals surface area contributed by atoms with Crippen molar-refractivity contribution in [3.05, 3.63) is 51.5 Å². The Hall–Kier alpha value is -1.89. The van der Waals surface area contributed by atoms with Gasteiger partial charge in [-0.2, -0.15) is 13.2 Å². The first-order valence-corrected chi connectivity index (χ1v) is 7.98. The molecule has 1 unspecified atom stereocenters. The van der Waals surface area contributed by atoms with Gasteiger partial charge in [-0.3, -0.25) is 4.79 Å². The molecule has 0 radical (unpaired) electrons. The zero-order valence-electron chi connectivity index (χ0n) is 12.8. The van der Waals surface area contributed by atoms with E-state index in [1.807, 2.05) is 19.2 Å². The van der Waals surface area contributed by atoms with E-state index in [-0.39, 0.29) is 18.2 Å². The summed E-state index contributed by atoms with van der Waals surface area (Å²) in [5.74, 6) is -0.233. The summed E-state index contributed by atoms with van der Waals surface area (Å²) in [6.45, 7) is 4.26. The van der Waals surface area contributed by atoms with Crippen molar-refractivity contribution in [1.29, 1.82) is 0 Å². The van der Waals surface area contributed by atoms with Crippen LogP contribution in [0.4, 0.5) is 13.2 Å². The third-order valence-electron chi connectivity index (χ3n) is 3.28. The summed E-state index contributed by atoms with van der Waals surface area (Å²) in [6.07, 6.45) is -4.47. The van der Waals surface area contributed by atoms with Gasteiger partial charge in [-0.05, 0) is 18.6 Å². The number of alkyl halides is 3. The number of thiazole rings is 1. The van der Waals surface area contributed by atoms with Gasteiger partial charge < -0.3 is 5.32 Å². The molecule has 1 amide bonds. The molecular weight excluding hydrogens is 325 g/mol. The van der Waals surface area contributed by atoms with Crippen molar-refractivity contribution in [2.45, 2.75) is 32.4 Å². The van der Waals surface area contributed by atoms with Gasteiger partial charge in [0.25, 0.3) is 0 Å². The highest BCUT2D eigenvalue weighted by molar-refractivity contribution is 7.09. The second-order valence-electron chi connectivity index (χ2n) is 5.41. The Morgan fingerprint density at radius 2 is 2.13 bits per heavy atom. The van der Waals surface area contributed by atoms with Gasteiger partial charge in [-0.25, -0.2) is 4.98 Å². The lowest BCUT2D eigenvalue weighted by atomic mass is 10.1. The topological polar surface area (TPSA) is 42.0 Å². The average molecular weight is 342 g/mol. The van der Waals surface area contributed by atoms with Crippen LogP contribution in [0.1, 0.15) is 34.7 Å². The molecule has 1 aromatic carbocycles. The van der Waals surface area contributed by atoms with E-state index < -0.39 is 11.7 Å². The van der Waals surface area contributed by atoms with Crippen LogP contribution in [-0.4, -0.2) is 17.4 Å². The normalized spacial score (nSPS) is 12.9. The summed E-state index contributed by atoms with van der Waals surface area (Å²) < 4.78 is 37.9. The number of carbonyl (C=O) groups is 1. The maximum absolute atomic E-state index is 12.6. The summed E-state index contributed by atoms with van der Waals surface area (Å²) in [7, 11) is 0. The summed E-state index contributed by atoms with van der Waals surface area (Å²) in [5, 5.41) is 5.62. The zero-order valence-corrected chi connectivity index (χ0v) is 13.6. The molecule has 1 N–H and O–H groups in total. The number of hydrogen-bond donors (Lipinski definition) is 1.